The lowest BCUT2D eigenvalue weighted by Gasteiger charge is -2.31. The highest BCUT2D eigenvalue weighted by Gasteiger charge is 2.20. The number of likely N-dealkylation sites (tertiary alicyclic amines) is 1. The minimum Gasteiger partial charge on any atom is -0.385 e. The number of rotatable bonds is 5. The van der Waals surface area contributed by atoms with E-state index in [0.29, 0.717) is 19.1 Å². The summed E-state index contributed by atoms with van der Waals surface area (Å²) in [6.45, 7) is 2.48. The lowest BCUT2D eigenvalue weighted by Crippen LogP contribution is -2.43. The molecule has 0 saturated carbocycles. The molecule has 0 radical (unpaired) electrons. The molecule has 1 heterocycles. The molecule has 1 aliphatic heterocycles. The fourth-order valence-electron chi connectivity index (χ4n) is 1.94. The number of amides is 1. The van der Waals surface area contributed by atoms with Crippen LogP contribution in [0.4, 0.5) is 0 Å². The van der Waals surface area contributed by atoms with Gasteiger partial charge in [0.2, 0.25) is 5.91 Å². The van der Waals surface area contributed by atoms with Gasteiger partial charge in [-0.3, -0.25) is 4.79 Å². The molecule has 1 fully saturated rings. The molecule has 0 bridgehead atoms. The summed E-state index contributed by atoms with van der Waals surface area (Å²) in [5, 5.41) is 3.26. The van der Waals surface area contributed by atoms with Crippen LogP contribution in [-0.2, 0) is 9.53 Å². The summed E-state index contributed by atoms with van der Waals surface area (Å²) >= 11 is 0. The molecule has 1 N–H and O–H groups in total. The summed E-state index contributed by atoms with van der Waals surface area (Å²) in [5.41, 5.74) is 0. The Bertz CT molecular complexity index is 189. The molecule has 0 aromatic carbocycles. The highest BCUT2D eigenvalue weighted by molar-refractivity contribution is 5.76. The van der Waals surface area contributed by atoms with Crippen molar-refractivity contribution in [3.63, 3.8) is 0 Å². The van der Waals surface area contributed by atoms with Crippen molar-refractivity contribution in [3.8, 4) is 0 Å². The Kier molecular flexibility index (Phi) is 5.65. The van der Waals surface area contributed by atoms with Gasteiger partial charge in [-0.15, -0.1) is 0 Å². The van der Waals surface area contributed by atoms with Crippen molar-refractivity contribution in [2.24, 2.45) is 0 Å². The van der Waals surface area contributed by atoms with Gasteiger partial charge < -0.3 is 15.0 Å². The van der Waals surface area contributed by atoms with E-state index in [9.17, 15) is 4.79 Å². The first kappa shape index (κ1) is 12.5. The fourth-order valence-corrected chi connectivity index (χ4v) is 1.94. The third-order valence-corrected chi connectivity index (χ3v) is 3.00. The molecule has 4 heteroatoms. The largest absolute Gasteiger partial charge is 0.385 e. The van der Waals surface area contributed by atoms with Crippen LogP contribution in [0.1, 0.15) is 25.7 Å². The van der Waals surface area contributed by atoms with Gasteiger partial charge in [0.25, 0.3) is 0 Å². The zero-order valence-electron chi connectivity index (χ0n) is 9.79. The number of methoxy groups -OCH3 is 1. The van der Waals surface area contributed by atoms with Crippen LogP contribution in [0.3, 0.4) is 0 Å². The first-order chi connectivity index (χ1) is 7.27. The van der Waals surface area contributed by atoms with Gasteiger partial charge in [-0.1, -0.05) is 0 Å². The highest BCUT2D eigenvalue weighted by Crippen LogP contribution is 2.11. The monoisotopic (exact) mass is 214 g/mol. The van der Waals surface area contributed by atoms with Crippen LogP contribution in [0, 0.1) is 0 Å². The van der Waals surface area contributed by atoms with Crippen LogP contribution in [0.2, 0.25) is 0 Å². The van der Waals surface area contributed by atoms with Gasteiger partial charge in [0.05, 0.1) is 0 Å². The lowest BCUT2D eigenvalue weighted by molar-refractivity contribution is -0.132. The van der Waals surface area contributed by atoms with Crippen molar-refractivity contribution in [3.05, 3.63) is 0 Å². The van der Waals surface area contributed by atoms with E-state index in [1.165, 1.54) is 0 Å². The molecule has 1 saturated heterocycles. The highest BCUT2D eigenvalue weighted by atomic mass is 16.5. The molecule has 88 valence electrons. The quantitative estimate of drug-likeness (QED) is 0.682. The molecule has 0 unspecified atom stereocenters. The predicted molar refractivity (Wildman–Crippen MR) is 59.8 cm³/mol. The molecular weight excluding hydrogens is 192 g/mol. The number of carbonyl (C=O) groups is 1. The Balaban J connectivity index is 2.18. The van der Waals surface area contributed by atoms with Crippen LogP contribution >= 0.6 is 0 Å². The first-order valence-corrected chi connectivity index (χ1v) is 5.72. The van der Waals surface area contributed by atoms with Crippen LogP contribution in [0.15, 0.2) is 0 Å². The Morgan fingerprint density at radius 2 is 2.13 bits per heavy atom. The Morgan fingerprint density at radius 3 is 2.67 bits per heavy atom. The number of hydrogen-bond acceptors (Lipinski definition) is 3. The second-order valence-electron chi connectivity index (χ2n) is 4.04. The van der Waals surface area contributed by atoms with Gasteiger partial charge in [-0.25, -0.2) is 0 Å². The molecule has 0 aromatic heterocycles. The fraction of sp³-hybridized carbons (Fsp3) is 0.909. The van der Waals surface area contributed by atoms with Crippen molar-refractivity contribution < 1.29 is 9.53 Å². The molecule has 0 aromatic rings. The minimum atomic E-state index is 0.279. The average molecular weight is 214 g/mol. The molecule has 1 rings (SSSR count). The first-order valence-electron chi connectivity index (χ1n) is 5.72. The van der Waals surface area contributed by atoms with E-state index >= 15 is 0 Å². The number of ether oxygens (including phenoxy) is 1. The van der Waals surface area contributed by atoms with Crippen molar-refractivity contribution in [2.45, 2.75) is 31.7 Å². The number of piperidine rings is 1. The molecule has 0 aliphatic carbocycles. The summed E-state index contributed by atoms with van der Waals surface area (Å²) in [4.78, 5) is 13.7. The van der Waals surface area contributed by atoms with E-state index in [-0.39, 0.29) is 5.91 Å². The van der Waals surface area contributed by atoms with E-state index in [2.05, 4.69) is 5.32 Å². The summed E-state index contributed by atoms with van der Waals surface area (Å²) < 4.78 is 4.93. The van der Waals surface area contributed by atoms with Crippen LogP contribution < -0.4 is 5.32 Å². The maximum absolute atomic E-state index is 11.7. The third-order valence-electron chi connectivity index (χ3n) is 3.00. The summed E-state index contributed by atoms with van der Waals surface area (Å²) in [7, 11) is 3.66. The van der Waals surface area contributed by atoms with Crippen LogP contribution in [0.25, 0.3) is 0 Å². The van der Waals surface area contributed by atoms with Crippen LogP contribution in [-0.4, -0.2) is 50.7 Å². The Hall–Kier alpha value is -0.610. The average Bonchev–Trinajstić information content (AvgIpc) is 2.29. The zero-order valence-corrected chi connectivity index (χ0v) is 9.79. The van der Waals surface area contributed by atoms with Crippen molar-refractivity contribution in [1.82, 2.24) is 10.2 Å². The van der Waals surface area contributed by atoms with Crippen molar-refractivity contribution in [2.75, 3.05) is 33.9 Å². The van der Waals surface area contributed by atoms with Gasteiger partial charge in [-0.2, -0.15) is 0 Å². The number of nitrogens with one attached hydrogen (secondary N) is 1. The molecule has 0 spiro atoms. The maximum atomic E-state index is 11.7. The van der Waals surface area contributed by atoms with Crippen molar-refractivity contribution >= 4 is 5.91 Å². The summed E-state index contributed by atoms with van der Waals surface area (Å²) in [5.74, 6) is 0.279. The van der Waals surface area contributed by atoms with E-state index < -0.39 is 0 Å². The zero-order chi connectivity index (χ0) is 11.1. The topological polar surface area (TPSA) is 41.6 Å². The van der Waals surface area contributed by atoms with Gasteiger partial charge >= 0.3 is 0 Å². The third kappa shape index (κ3) is 4.18. The predicted octanol–water partition coefficient (Wildman–Crippen LogP) is 0.623. The van der Waals surface area contributed by atoms with E-state index in [0.717, 1.165) is 32.4 Å². The van der Waals surface area contributed by atoms with Crippen LogP contribution in [0.5, 0.6) is 0 Å². The van der Waals surface area contributed by atoms with Gasteiger partial charge in [-0.05, 0) is 26.3 Å². The smallest absolute Gasteiger partial charge is 0.222 e. The minimum absolute atomic E-state index is 0.279. The SMILES string of the molecule is CNC1CCN(C(=O)CCCOC)CC1. The number of carbonyl (C=O) groups excluding carboxylic acids is 1. The second kappa shape index (κ2) is 6.80. The molecule has 15 heavy (non-hydrogen) atoms. The molecule has 0 atom stereocenters. The van der Waals surface area contributed by atoms with Gasteiger partial charge in [0.15, 0.2) is 0 Å². The molecule has 4 nitrogen and oxygen atoms in total. The van der Waals surface area contributed by atoms with Crippen molar-refractivity contribution in [1.29, 1.82) is 0 Å². The second-order valence-corrected chi connectivity index (χ2v) is 4.04. The summed E-state index contributed by atoms with van der Waals surface area (Å²) in [6.07, 6.45) is 3.61. The Labute approximate surface area is 92.0 Å². The van der Waals surface area contributed by atoms with Gasteiger partial charge in [0.1, 0.15) is 0 Å². The summed E-state index contributed by atoms with van der Waals surface area (Å²) in [6, 6.07) is 0.591. The number of nitrogens with zero attached hydrogens (tertiary/aromatic N) is 1. The number of hydrogen-bond donors (Lipinski definition) is 1. The molecule has 1 amide bonds. The van der Waals surface area contributed by atoms with Gasteiger partial charge in [0, 0.05) is 39.3 Å². The molecule has 1 aliphatic rings. The normalized spacial score (nSPS) is 18.1. The standard InChI is InChI=1S/C11H22N2O2/c1-12-10-5-7-13(8-6-10)11(14)4-3-9-15-2/h10,12H,3-9H2,1-2H3. The Morgan fingerprint density at radius 1 is 1.47 bits per heavy atom. The van der Waals surface area contributed by atoms with E-state index in [1.54, 1.807) is 7.11 Å². The van der Waals surface area contributed by atoms with E-state index in [1.807, 2.05) is 11.9 Å². The molecular formula is C11H22N2O2. The van der Waals surface area contributed by atoms with E-state index in [4.69, 9.17) is 4.74 Å². The maximum Gasteiger partial charge on any atom is 0.222 e. The lowest BCUT2D eigenvalue weighted by atomic mass is 10.0.